The lowest BCUT2D eigenvalue weighted by atomic mass is 9.90. The Balaban J connectivity index is 2.37. The minimum Gasteiger partial charge on any atom is -0.397 e. The average Bonchev–Trinajstić information content (AvgIpc) is 2.30. The number of aliphatic hydroxyl groups excluding tert-OH is 1. The van der Waals surface area contributed by atoms with E-state index in [2.05, 4.69) is 0 Å². The zero-order valence-electron chi connectivity index (χ0n) is 10.7. The molecule has 0 aromatic heterocycles. The summed E-state index contributed by atoms with van der Waals surface area (Å²) in [5.74, 6) is -0.566. The highest BCUT2D eigenvalue weighted by molar-refractivity contribution is 6.33. The zero-order valence-corrected chi connectivity index (χ0v) is 11.5. The molecule has 0 saturated heterocycles. The number of hydrogen-bond donors (Lipinski definition) is 3. The molecular formula is C13H19ClFN3O. The molecule has 0 aliphatic heterocycles. The Hall–Kier alpha value is -1.20. The van der Waals surface area contributed by atoms with Gasteiger partial charge in [-0.1, -0.05) is 11.6 Å². The van der Waals surface area contributed by atoms with Gasteiger partial charge in [-0.2, -0.15) is 0 Å². The van der Waals surface area contributed by atoms with E-state index in [0.717, 1.165) is 19.3 Å². The molecule has 1 aromatic carbocycles. The van der Waals surface area contributed by atoms with Crippen molar-refractivity contribution < 1.29 is 9.50 Å². The lowest BCUT2D eigenvalue weighted by Crippen LogP contribution is -2.42. The first-order valence-electron chi connectivity index (χ1n) is 6.46. The van der Waals surface area contributed by atoms with Gasteiger partial charge in [-0.25, -0.2) is 4.39 Å². The van der Waals surface area contributed by atoms with E-state index in [-0.39, 0.29) is 23.4 Å². The van der Waals surface area contributed by atoms with Gasteiger partial charge in [0.2, 0.25) is 0 Å². The van der Waals surface area contributed by atoms with E-state index in [1.165, 1.54) is 6.07 Å². The van der Waals surface area contributed by atoms with Crippen molar-refractivity contribution >= 4 is 28.7 Å². The summed E-state index contributed by atoms with van der Waals surface area (Å²) in [5.41, 5.74) is 12.3. The molecule has 4 nitrogen and oxygen atoms in total. The Morgan fingerprint density at radius 3 is 2.58 bits per heavy atom. The molecule has 1 saturated carbocycles. The second kappa shape index (κ2) is 5.84. The van der Waals surface area contributed by atoms with Crippen LogP contribution in [-0.2, 0) is 0 Å². The van der Waals surface area contributed by atoms with Crippen LogP contribution in [-0.4, -0.2) is 24.3 Å². The molecule has 0 unspecified atom stereocenters. The third-order valence-corrected chi connectivity index (χ3v) is 3.98. The number of hydrogen-bond acceptors (Lipinski definition) is 4. The minimum absolute atomic E-state index is 0.0629. The highest BCUT2D eigenvalue weighted by Crippen LogP contribution is 2.40. The van der Waals surface area contributed by atoms with Gasteiger partial charge in [0.1, 0.15) is 5.02 Å². The molecule has 6 heteroatoms. The van der Waals surface area contributed by atoms with Crippen LogP contribution in [0.25, 0.3) is 0 Å². The number of halogens is 2. The molecule has 0 spiro atoms. The van der Waals surface area contributed by atoms with E-state index in [1.54, 1.807) is 0 Å². The maximum absolute atomic E-state index is 14.3. The quantitative estimate of drug-likeness (QED) is 0.727. The van der Waals surface area contributed by atoms with Crippen molar-refractivity contribution in [3.63, 3.8) is 0 Å². The van der Waals surface area contributed by atoms with Gasteiger partial charge in [0.25, 0.3) is 0 Å². The number of nitrogens with two attached hydrogens (primary N) is 2. The summed E-state index contributed by atoms with van der Waals surface area (Å²) >= 11 is 5.87. The Labute approximate surface area is 117 Å². The molecular weight excluding hydrogens is 269 g/mol. The van der Waals surface area contributed by atoms with Crippen molar-refractivity contribution in [1.29, 1.82) is 0 Å². The van der Waals surface area contributed by atoms with Crippen molar-refractivity contribution in [3.8, 4) is 0 Å². The Bertz CT molecular complexity index is 466. The Morgan fingerprint density at radius 1 is 1.37 bits per heavy atom. The maximum atomic E-state index is 14.3. The van der Waals surface area contributed by atoms with E-state index in [9.17, 15) is 4.39 Å². The van der Waals surface area contributed by atoms with Crippen molar-refractivity contribution in [2.75, 3.05) is 29.5 Å². The monoisotopic (exact) mass is 287 g/mol. The van der Waals surface area contributed by atoms with Gasteiger partial charge in [-0.05, 0) is 31.7 Å². The molecule has 0 radical (unpaired) electrons. The molecule has 0 heterocycles. The number of anilines is 3. The van der Waals surface area contributed by atoms with Gasteiger partial charge in [0, 0.05) is 19.2 Å². The van der Waals surface area contributed by atoms with E-state index >= 15 is 0 Å². The van der Waals surface area contributed by atoms with Crippen LogP contribution in [0.1, 0.15) is 25.7 Å². The fourth-order valence-corrected chi connectivity index (χ4v) is 2.51. The highest BCUT2D eigenvalue weighted by atomic mass is 35.5. The predicted molar refractivity (Wildman–Crippen MR) is 76.9 cm³/mol. The van der Waals surface area contributed by atoms with Crippen LogP contribution in [0.3, 0.4) is 0 Å². The molecule has 0 bridgehead atoms. The lowest BCUT2D eigenvalue weighted by molar-refractivity contribution is 0.282. The molecule has 0 amide bonds. The molecule has 2 rings (SSSR count). The summed E-state index contributed by atoms with van der Waals surface area (Å²) in [5, 5.41) is 8.89. The Morgan fingerprint density at radius 2 is 2.05 bits per heavy atom. The van der Waals surface area contributed by atoms with Gasteiger partial charge in [0.15, 0.2) is 5.82 Å². The first kappa shape index (κ1) is 14.2. The fourth-order valence-electron chi connectivity index (χ4n) is 2.36. The van der Waals surface area contributed by atoms with Gasteiger partial charge in [-0.15, -0.1) is 0 Å². The third kappa shape index (κ3) is 2.72. The number of rotatable bonds is 5. The molecule has 1 aromatic rings. The number of nitrogen functional groups attached to an aromatic ring is 2. The topological polar surface area (TPSA) is 75.5 Å². The number of benzene rings is 1. The van der Waals surface area contributed by atoms with E-state index in [1.807, 2.05) is 4.90 Å². The predicted octanol–water partition coefficient (Wildman–Crippen LogP) is 2.38. The van der Waals surface area contributed by atoms with Gasteiger partial charge in [0.05, 0.1) is 17.1 Å². The van der Waals surface area contributed by atoms with Crippen LogP contribution < -0.4 is 16.4 Å². The normalized spacial score (nSPS) is 15.3. The van der Waals surface area contributed by atoms with Crippen LogP contribution in [0, 0.1) is 5.82 Å². The largest absolute Gasteiger partial charge is 0.397 e. The SMILES string of the molecule is Nc1cc(N)c(N(CCCO)C2CCC2)c(F)c1Cl. The Kier molecular flexibility index (Phi) is 4.37. The van der Waals surface area contributed by atoms with Crippen LogP contribution in [0.5, 0.6) is 0 Å². The summed E-state index contributed by atoms with van der Waals surface area (Å²) in [6.07, 6.45) is 3.71. The summed E-state index contributed by atoms with van der Waals surface area (Å²) in [6.45, 7) is 0.621. The second-order valence-electron chi connectivity index (χ2n) is 4.89. The first-order valence-corrected chi connectivity index (χ1v) is 6.84. The average molecular weight is 288 g/mol. The van der Waals surface area contributed by atoms with Crippen molar-refractivity contribution in [2.24, 2.45) is 0 Å². The van der Waals surface area contributed by atoms with Crippen molar-refractivity contribution in [3.05, 3.63) is 16.9 Å². The minimum atomic E-state index is -0.566. The summed E-state index contributed by atoms with van der Waals surface area (Å²) in [7, 11) is 0. The van der Waals surface area contributed by atoms with Crippen LogP contribution in [0.4, 0.5) is 21.5 Å². The van der Waals surface area contributed by atoms with Crippen molar-refractivity contribution in [2.45, 2.75) is 31.7 Å². The number of nitrogens with zero attached hydrogens (tertiary/aromatic N) is 1. The summed E-state index contributed by atoms with van der Waals surface area (Å²) in [6, 6.07) is 1.76. The molecule has 1 fully saturated rings. The zero-order chi connectivity index (χ0) is 14.0. The standard InChI is InChI=1S/C13H19ClFN3O/c14-11-9(16)7-10(17)13(12(11)15)18(5-2-6-19)8-3-1-4-8/h7-8,19H,1-6,16-17H2. The molecule has 106 valence electrons. The van der Waals surface area contributed by atoms with Crippen LogP contribution >= 0.6 is 11.6 Å². The smallest absolute Gasteiger partial charge is 0.169 e. The summed E-state index contributed by atoms with van der Waals surface area (Å²) < 4.78 is 14.3. The second-order valence-corrected chi connectivity index (χ2v) is 5.26. The van der Waals surface area contributed by atoms with E-state index in [0.29, 0.717) is 24.3 Å². The van der Waals surface area contributed by atoms with Crippen LogP contribution in [0.2, 0.25) is 5.02 Å². The highest BCUT2D eigenvalue weighted by Gasteiger charge is 2.29. The maximum Gasteiger partial charge on any atom is 0.169 e. The third-order valence-electron chi connectivity index (χ3n) is 3.60. The molecule has 1 aliphatic rings. The summed E-state index contributed by atoms with van der Waals surface area (Å²) in [4.78, 5) is 1.91. The van der Waals surface area contributed by atoms with Crippen LogP contribution in [0.15, 0.2) is 6.07 Å². The number of aliphatic hydroxyl groups is 1. The van der Waals surface area contributed by atoms with E-state index in [4.69, 9.17) is 28.2 Å². The van der Waals surface area contributed by atoms with Gasteiger partial charge in [-0.3, -0.25) is 0 Å². The molecule has 5 N–H and O–H groups in total. The molecule has 19 heavy (non-hydrogen) atoms. The van der Waals surface area contributed by atoms with Gasteiger partial charge < -0.3 is 21.5 Å². The molecule has 1 aliphatic carbocycles. The first-order chi connectivity index (χ1) is 9.06. The van der Waals surface area contributed by atoms with E-state index < -0.39 is 5.82 Å². The molecule has 0 atom stereocenters. The van der Waals surface area contributed by atoms with Gasteiger partial charge >= 0.3 is 0 Å². The van der Waals surface area contributed by atoms with Crippen molar-refractivity contribution in [1.82, 2.24) is 0 Å². The lowest BCUT2D eigenvalue weighted by Gasteiger charge is -2.40. The fraction of sp³-hybridized carbons (Fsp3) is 0.538.